The molecule has 2 aromatic carbocycles. The van der Waals surface area contributed by atoms with Crippen LogP contribution >= 0.6 is 0 Å². The van der Waals surface area contributed by atoms with Gasteiger partial charge in [0.25, 0.3) is 0 Å². The molecule has 2 heterocycles. The van der Waals surface area contributed by atoms with E-state index in [-0.39, 0.29) is 0 Å². The fourth-order valence-electron chi connectivity index (χ4n) is 2.95. The van der Waals surface area contributed by atoms with Crippen LogP contribution in [0.5, 0.6) is 0 Å². The first-order valence-corrected chi connectivity index (χ1v) is 8.20. The summed E-state index contributed by atoms with van der Waals surface area (Å²) < 4.78 is 26.4. The summed E-state index contributed by atoms with van der Waals surface area (Å²) in [4.78, 5) is 11.8. The molecule has 130 valence electrons. The van der Waals surface area contributed by atoms with Crippen molar-refractivity contribution < 1.29 is 8.78 Å². The molecule has 0 aliphatic rings. The Bertz CT molecular complexity index is 1060. The SMILES string of the molecule is N[C@H](Cc1ccc(F)c(F)c1)c1nc2ccc(-c3ccncc3)cc2[nH]1. The van der Waals surface area contributed by atoms with E-state index < -0.39 is 17.7 Å². The fraction of sp³-hybridized carbons (Fsp3) is 0.100. The van der Waals surface area contributed by atoms with Gasteiger partial charge in [-0.15, -0.1) is 0 Å². The highest BCUT2D eigenvalue weighted by molar-refractivity contribution is 5.82. The summed E-state index contributed by atoms with van der Waals surface area (Å²) in [7, 11) is 0. The third-order valence-corrected chi connectivity index (χ3v) is 4.30. The Morgan fingerprint density at radius 2 is 1.73 bits per heavy atom. The zero-order valence-electron chi connectivity index (χ0n) is 13.8. The average Bonchev–Trinajstić information content (AvgIpc) is 3.09. The van der Waals surface area contributed by atoms with Crippen molar-refractivity contribution in [2.24, 2.45) is 5.73 Å². The molecule has 0 radical (unpaired) electrons. The van der Waals surface area contributed by atoms with Gasteiger partial charge in [-0.05, 0) is 59.5 Å². The molecule has 0 spiro atoms. The van der Waals surface area contributed by atoms with Crippen LogP contribution in [0.1, 0.15) is 17.4 Å². The predicted octanol–water partition coefficient (Wildman–Crippen LogP) is 4.15. The van der Waals surface area contributed by atoms with Crippen molar-refractivity contribution in [2.75, 3.05) is 0 Å². The lowest BCUT2D eigenvalue weighted by Crippen LogP contribution is -2.15. The molecule has 2 aromatic heterocycles. The smallest absolute Gasteiger partial charge is 0.159 e. The van der Waals surface area contributed by atoms with Crippen molar-refractivity contribution in [3.05, 3.63) is 83.9 Å². The number of hydrogen-bond acceptors (Lipinski definition) is 3. The molecule has 0 saturated heterocycles. The van der Waals surface area contributed by atoms with E-state index in [1.54, 1.807) is 12.4 Å². The summed E-state index contributed by atoms with van der Waals surface area (Å²) in [5.41, 5.74) is 10.6. The number of rotatable bonds is 4. The Morgan fingerprint density at radius 3 is 2.50 bits per heavy atom. The molecule has 6 heteroatoms. The van der Waals surface area contributed by atoms with E-state index >= 15 is 0 Å². The third-order valence-electron chi connectivity index (χ3n) is 4.30. The first kappa shape index (κ1) is 16.4. The van der Waals surface area contributed by atoms with E-state index in [1.807, 2.05) is 30.3 Å². The van der Waals surface area contributed by atoms with Crippen molar-refractivity contribution in [1.82, 2.24) is 15.0 Å². The van der Waals surface area contributed by atoms with Crippen molar-refractivity contribution in [3.8, 4) is 11.1 Å². The second-order valence-corrected chi connectivity index (χ2v) is 6.15. The topological polar surface area (TPSA) is 67.6 Å². The number of nitrogens with two attached hydrogens (primary N) is 1. The molecule has 0 fully saturated rings. The number of hydrogen-bond donors (Lipinski definition) is 2. The van der Waals surface area contributed by atoms with Gasteiger partial charge >= 0.3 is 0 Å². The second-order valence-electron chi connectivity index (χ2n) is 6.15. The number of fused-ring (bicyclic) bond motifs is 1. The van der Waals surface area contributed by atoms with Crippen LogP contribution in [-0.4, -0.2) is 15.0 Å². The summed E-state index contributed by atoms with van der Waals surface area (Å²) in [6.45, 7) is 0. The molecule has 0 aliphatic heterocycles. The van der Waals surface area contributed by atoms with Gasteiger partial charge < -0.3 is 10.7 Å². The summed E-state index contributed by atoms with van der Waals surface area (Å²) in [5, 5.41) is 0. The minimum Gasteiger partial charge on any atom is -0.341 e. The van der Waals surface area contributed by atoms with Crippen molar-refractivity contribution in [1.29, 1.82) is 0 Å². The van der Waals surface area contributed by atoms with Crippen LogP contribution < -0.4 is 5.73 Å². The van der Waals surface area contributed by atoms with E-state index in [1.165, 1.54) is 12.1 Å². The van der Waals surface area contributed by atoms with Crippen LogP contribution in [0.2, 0.25) is 0 Å². The number of benzene rings is 2. The van der Waals surface area contributed by atoms with E-state index in [0.29, 0.717) is 17.8 Å². The van der Waals surface area contributed by atoms with Gasteiger partial charge in [0.1, 0.15) is 5.82 Å². The van der Waals surface area contributed by atoms with Gasteiger partial charge in [-0.2, -0.15) is 0 Å². The molecule has 0 aliphatic carbocycles. The highest BCUT2D eigenvalue weighted by atomic mass is 19.2. The van der Waals surface area contributed by atoms with E-state index in [2.05, 4.69) is 15.0 Å². The number of pyridine rings is 1. The number of H-pyrrole nitrogens is 1. The van der Waals surface area contributed by atoms with Gasteiger partial charge in [0.05, 0.1) is 17.1 Å². The van der Waals surface area contributed by atoms with Gasteiger partial charge in [-0.25, -0.2) is 13.8 Å². The molecule has 0 bridgehead atoms. The lowest BCUT2D eigenvalue weighted by Gasteiger charge is -2.09. The van der Waals surface area contributed by atoms with Crippen molar-refractivity contribution in [2.45, 2.75) is 12.5 Å². The van der Waals surface area contributed by atoms with Gasteiger partial charge in [-0.3, -0.25) is 4.98 Å². The van der Waals surface area contributed by atoms with E-state index in [4.69, 9.17) is 5.73 Å². The zero-order chi connectivity index (χ0) is 18.1. The van der Waals surface area contributed by atoms with Crippen LogP contribution in [0, 0.1) is 11.6 Å². The third kappa shape index (κ3) is 3.19. The van der Waals surface area contributed by atoms with Gasteiger partial charge in [0.15, 0.2) is 11.6 Å². The molecular formula is C20H16F2N4. The molecule has 0 unspecified atom stereocenters. The maximum atomic E-state index is 13.4. The molecule has 4 aromatic rings. The van der Waals surface area contributed by atoms with Crippen LogP contribution in [0.4, 0.5) is 8.78 Å². The molecule has 4 nitrogen and oxygen atoms in total. The number of halogens is 2. The maximum absolute atomic E-state index is 13.4. The molecule has 3 N–H and O–H groups in total. The van der Waals surface area contributed by atoms with Gasteiger partial charge in [0, 0.05) is 12.4 Å². The largest absolute Gasteiger partial charge is 0.341 e. The van der Waals surface area contributed by atoms with E-state index in [9.17, 15) is 8.78 Å². The predicted molar refractivity (Wildman–Crippen MR) is 96.3 cm³/mol. The molecular weight excluding hydrogens is 334 g/mol. The van der Waals surface area contributed by atoms with Crippen LogP contribution in [0.3, 0.4) is 0 Å². The zero-order valence-corrected chi connectivity index (χ0v) is 13.8. The van der Waals surface area contributed by atoms with Crippen molar-refractivity contribution in [3.63, 3.8) is 0 Å². The average molecular weight is 350 g/mol. The normalized spacial score (nSPS) is 12.4. The Labute approximate surface area is 148 Å². The fourth-order valence-corrected chi connectivity index (χ4v) is 2.95. The highest BCUT2D eigenvalue weighted by Crippen LogP contribution is 2.24. The lowest BCUT2D eigenvalue weighted by molar-refractivity contribution is 0.506. The summed E-state index contributed by atoms with van der Waals surface area (Å²) in [6, 6.07) is 13.2. The number of aromatic nitrogens is 3. The second kappa shape index (κ2) is 6.65. The van der Waals surface area contributed by atoms with Gasteiger partial charge in [-0.1, -0.05) is 12.1 Å². The molecule has 0 saturated carbocycles. The Morgan fingerprint density at radius 1 is 0.923 bits per heavy atom. The molecule has 26 heavy (non-hydrogen) atoms. The first-order chi connectivity index (χ1) is 12.6. The van der Waals surface area contributed by atoms with Gasteiger partial charge in [0.2, 0.25) is 0 Å². The lowest BCUT2D eigenvalue weighted by atomic mass is 10.1. The minimum atomic E-state index is -0.874. The highest BCUT2D eigenvalue weighted by Gasteiger charge is 2.14. The van der Waals surface area contributed by atoms with Crippen LogP contribution in [0.15, 0.2) is 60.9 Å². The number of imidazole rings is 1. The van der Waals surface area contributed by atoms with Crippen LogP contribution in [0.25, 0.3) is 22.2 Å². The van der Waals surface area contributed by atoms with E-state index in [0.717, 1.165) is 28.2 Å². The summed E-state index contributed by atoms with van der Waals surface area (Å²) in [6.07, 6.45) is 3.85. The molecule has 4 rings (SSSR count). The Balaban J connectivity index is 1.61. The maximum Gasteiger partial charge on any atom is 0.159 e. The number of nitrogens with one attached hydrogen (secondary N) is 1. The standard InChI is InChI=1S/C20H16F2N4/c21-15-3-1-12(9-16(15)22)10-17(23)20-25-18-4-2-14(11-19(18)26-20)13-5-7-24-8-6-13/h1-9,11,17H,10,23H2,(H,25,26)/t17-/m1/s1. The Hall–Kier alpha value is -3.12. The summed E-state index contributed by atoms with van der Waals surface area (Å²) >= 11 is 0. The molecule has 1 atom stereocenters. The summed E-state index contributed by atoms with van der Waals surface area (Å²) in [5.74, 6) is -1.13. The quantitative estimate of drug-likeness (QED) is 0.581. The number of aromatic amines is 1. The Kier molecular flexibility index (Phi) is 4.18. The van der Waals surface area contributed by atoms with Crippen LogP contribution in [-0.2, 0) is 6.42 Å². The van der Waals surface area contributed by atoms with Crippen molar-refractivity contribution >= 4 is 11.0 Å². The first-order valence-electron chi connectivity index (χ1n) is 8.20. The number of nitrogens with zero attached hydrogens (tertiary/aromatic N) is 2. The monoisotopic (exact) mass is 350 g/mol. The minimum absolute atomic E-state index is 0.355. The molecule has 0 amide bonds.